The van der Waals surface area contributed by atoms with Gasteiger partial charge in [-0.15, -0.1) is 5.10 Å². The summed E-state index contributed by atoms with van der Waals surface area (Å²) >= 11 is 0. The molecular formula is C18H20N4O. The van der Waals surface area contributed by atoms with Gasteiger partial charge in [-0.1, -0.05) is 12.1 Å². The van der Waals surface area contributed by atoms with Gasteiger partial charge < -0.3 is 14.9 Å². The Morgan fingerprint density at radius 3 is 2.35 bits per heavy atom. The number of likely N-dealkylation sites (N-methyl/N-ethyl adjacent to an activating group) is 1. The van der Waals surface area contributed by atoms with Crippen molar-refractivity contribution in [3.8, 4) is 11.4 Å². The van der Waals surface area contributed by atoms with Gasteiger partial charge in [-0.05, 0) is 43.4 Å². The van der Waals surface area contributed by atoms with Crippen molar-refractivity contribution in [2.45, 2.75) is 0 Å². The lowest BCUT2D eigenvalue weighted by Crippen LogP contribution is -2.44. The summed E-state index contributed by atoms with van der Waals surface area (Å²) in [5.74, 6) is 1.31. The van der Waals surface area contributed by atoms with E-state index in [1.54, 1.807) is 12.1 Å². The molecule has 2 heterocycles. The van der Waals surface area contributed by atoms with Gasteiger partial charge in [-0.2, -0.15) is 0 Å². The molecule has 0 spiro atoms. The van der Waals surface area contributed by atoms with Crippen LogP contribution in [0.5, 0.6) is 5.75 Å². The maximum atomic E-state index is 9.51. The maximum Gasteiger partial charge on any atom is 0.159 e. The summed E-state index contributed by atoms with van der Waals surface area (Å²) in [7, 11) is 2.16. The Balaban J connectivity index is 1.81. The number of anilines is 1. The van der Waals surface area contributed by atoms with Crippen LogP contribution in [0, 0.1) is 0 Å². The van der Waals surface area contributed by atoms with Crippen LogP contribution in [0.2, 0.25) is 0 Å². The predicted octanol–water partition coefficient (Wildman–Crippen LogP) is 2.48. The number of aromatic nitrogens is 2. The van der Waals surface area contributed by atoms with Gasteiger partial charge in [-0.3, -0.25) is 0 Å². The topological polar surface area (TPSA) is 44.5 Å². The molecule has 1 aliphatic heterocycles. The number of phenols is 1. The molecule has 118 valence electrons. The van der Waals surface area contributed by atoms with Crippen LogP contribution in [0.4, 0.5) is 5.82 Å². The normalized spacial score (nSPS) is 16.1. The van der Waals surface area contributed by atoms with Gasteiger partial charge in [-0.25, -0.2) is 4.68 Å². The highest BCUT2D eigenvalue weighted by atomic mass is 16.3. The van der Waals surface area contributed by atoms with Gasteiger partial charge in [0.05, 0.1) is 11.2 Å². The monoisotopic (exact) mass is 308 g/mol. The highest BCUT2D eigenvalue weighted by molar-refractivity contribution is 5.91. The fraction of sp³-hybridized carbons (Fsp3) is 0.278. The molecule has 0 aliphatic carbocycles. The zero-order chi connectivity index (χ0) is 15.8. The fourth-order valence-electron chi connectivity index (χ4n) is 3.09. The van der Waals surface area contributed by atoms with E-state index in [1.165, 1.54) is 5.39 Å². The maximum absolute atomic E-state index is 9.51. The van der Waals surface area contributed by atoms with Crippen molar-refractivity contribution in [1.82, 2.24) is 14.7 Å². The number of fused-ring (bicyclic) bond motifs is 1. The summed E-state index contributed by atoms with van der Waals surface area (Å²) in [6, 6.07) is 15.5. The Kier molecular flexibility index (Phi) is 3.42. The third-order valence-corrected chi connectivity index (χ3v) is 4.46. The highest BCUT2D eigenvalue weighted by Crippen LogP contribution is 2.29. The zero-order valence-corrected chi connectivity index (χ0v) is 13.2. The van der Waals surface area contributed by atoms with Crippen molar-refractivity contribution >= 4 is 16.7 Å². The summed E-state index contributed by atoms with van der Waals surface area (Å²) in [5.41, 5.74) is 2.05. The lowest BCUT2D eigenvalue weighted by Gasteiger charge is -2.32. The van der Waals surface area contributed by atoms with Gasteiger partial charge in [0.1, 0.15) is 5.75 Å². The van der Waals surface area contributed by atoms with E-state index in [9.17, 15) is 5.11 Å². The molecule has 0 unspecified atom stereocenters. The van der Waals surface area contributed by atoms with Crippen molar-refractivity contribution in [3.05, 3.63) is 48.5 Å². The van der Waals surface area contributed by atoms with E-state index < -0.39 is 0 Å². The SMILES string of the molecule is CN1CCN(c2nn(-c3ccc(O)cc3)c3ccccc23)CC1. The molecule has 0 atom stereocenters. The molecule has 1 saturated heterocycles. The van der Waals surface area contributed by atoms with Crippen LogP contribution >= 0.6 is 0 Å². The molecule has 3 aromatic rings. The van der Waals surface area contributed by atoms with Gasteiger partial charge in [0.25, 0.3) is 0 Å². The second-order valence-corrected chi connectivity index (χ2v) is 6.06. The first-order chi connectivity index (χ1) is 11.2. The summed E-state index contributed by atoms with van der Waals surface area (Å²) < 4.78 is 1.96. The Labute approximate surface area is 135 Å². The molecule has 1 aliphatic rings. The number of nitrogens with zero attached hydrogens (tertiary/aromatic N) is 4. The third-order valence-electron chi connectivity index (χ3n) is 4.46. The summed E-state index contributed by atoms with van der Waals surface area (Å²) in [4.78, 5) is 4.70. The summed E-state index contributed by atoms with van der Waals surface area (Å²) in [6.45, 7) is 4.10. The molecule has 23 heavy (non-hydrogen) atoms. The van der Waals surface area contributed by atoms with Crippen LogP contribution in [0.1, 0.15) is 0 Å². The van der Waals surface area contributed by atoms with E-state index >= 15 is 0 Å². The number of rotatable bonds is 2. The Hall–Kier alpha value is -2.53. The molecule has 0 radical (unpaired) electrons. The molecule has 0 bridgehead atoms. The number of phenolic OH excluding ortho intramolecular Hbond substituents is 1. The van der Waals surface area contributed by atoms with Gasteiger partial charge in [0, 0.05) is 31.6 Å². The van der Waals surface area contributed by atoms with Crippen LogP contribution in [0.3, 0.4) is 0 Å². The van der Waals surface area contributed by atoms with Crippen LogP contribution in [0.15, 0.2) is 48.5 Å². The number of aromatic hydroxyl groups is 1. The van der Waals surface area contributed by atoms with Crippen molar-refractivity contribution in [1.29, 1.82) is 0 Å². The molecular weight excluding hydrogens is 288 g/mol. The molecule has 4 rings (SSSR count). The Bertz CT molecular complexity index is 817. The van der Waals surface area contributed by atoms with E-state index in [0.29, 0.717) is 0 Å². The van der Waals surface area contributed by atoms with E-state index in [2.05, 4.69) is 35.0 Å². The number of hydrogen-bond donors (Lipinski definition) is 1. The molecule has 5 heteroatoms. The summed E-state index contributed by atoms with van der Waals surface area (Å²) in [6.07, 6.45) is 0. The van der Waals surface area contributed by atoms with Crippen molar-refractivity contribution < 1.29 is 5.11 Å². The van der Waals surface area contributed by atoms with E-state index in [4.69, 9.17) is 5.10 Å². The third kappa shape index (κ3) is 2.53. The standard InChI is InChI=1S/C18H20N4O/c1-20-10-12-21(13-11-20)18-16-4-2-3-5-17(16)22(19-18)14-6-8-15(23)9-7-14/h2-9,23H,10-13H2,1H3. The second kappa shape index (κ2) is 5.59. The fourth-order valence-corrected chi connectivity index (χ4v) is 3.09. The van der Waals surface area contributed by atoms with Crippen LogP contribution in [-0.2, 0) is 0 Å². The Morgan fingerprint density at radius 1 is 0.913 bits per heavy atom. The highest BCUT2D eigenvalue weighted by Gasteiger charge is 2.20. The largest absolute Gasteiger partial charge is 0.508 e. The number of benzene rings is 2. The average molecular weight is 308 g/mol. The van der Waals surface area contributed by atoms with E-state index in [1.807, 2.05) is 22.9 Å². The first-order valence-electron chi connectivity index (χ1n) is 7.93. The number of piperazine rings is 1. The first kappa shape index (κ1) is 14.1. The minimum atomic E-state index is 0.268. The molecule has 1 N–H and O–H groups in total. The van der Waals surface area contributed by atoms with Crippen molar-refractivity contribution in [3.63, 3.8) is 0 Å². The second-order valence-electron chi connectivity index (χ2n) is 6.06. The zero-order valence-electron chi connectivity index (χ0n) is 13.2. The molecule has 1 aromatic heterocycles. The van der Waals surface area contributed by atoms with Crippen molar-refractivity contribution in [2.24, 2.45) is 0 Å². The van der Waals surface area contributed by atoms with Crippen LogP contribution < -0.4 is 4.90 Å². The lowest BCUT2D eigenvalue weighted by molar-refractivity contribution is 0.312. The van der Waals surface area contributed by atoms with E-state index in [-0.39, 0.29) is 5.75 Å². The minimum absolute atomic E-state index is 0.268. The van der Waals surface area contributed by atoms with Gasteiger partial charge in [0.15, 0.2) is 5.82 Å². The minimum Gasteiger partial charge on any atom is -0.508 e. The lowest BCUT2D eigenvalue weighted by atomic mass is 10.2. The Morgan fingerprint density at radius 2 is 1.61 bits per heavy atom. The molecule has 1 fully saturated rings. The van der Waals surface area contributed by atoms with Gasteiger partial charge in [0.2, 0.25) is 0 Å². The molecule has 2 aromatic carbocycles. The molecule has 5 nitrogen and oxygen atoms in total. The van der Waals surface area contributed by atoms with Crippen LogP contribution in [-0.4, -0.2) is 53.0 Å². The van der Waals surface area contributed by atoms with Crippen LogP contribution in [0.25, 0.3) is 16.6 Å². The predicted molar refractivity (Wildman–Crippen MR) is 92.4 cm³/mol. The molecule has 0 amide bonds. The quantitative estimate of drug-likeness (QED) is 0.790. The average Bonchev–Trinajstić information content (AvgIpc) is 2.96. The smallest absolute Gasteiger partial charge is 0.159 e. The number of para-hydroxylation sites is 1. The van der Waals surface area contributed by atoms with E-state index in [0.717, 1.165) is 43.2 Å². The van der Waals surface area contributed by atoms with Gasteiger partial charge >= 0.3 is 0 Å². The number of hydrogen-bond acceptors (Lipinski definition) is 4. The first-order valence-corrected chi connectivity index (χ1v) is 7.93. The summed E-state index contributed by atoms with van der Waals surface area (Å²) in [5, 5.41) is 15.6. The van der Waals surface area contributed by atoms with Crippen molar-refractivity contribution in [2.75, 3.05) is 38.1 Å². The molecule has 0 saturated carbocycles.